The third kappa shape index (κ3) is 5.44. The van der Waals surface area contributed by atoms with E-state index in [9.17, 15) is 12.8 Å². The molecule has 0 amide bonds. The summed E-state index contributed by atoms with van der Waals surface area (Å²) in [6.07, 6.45) is 6.25. The fourth-order valence-electron chi connectivity index (χ4n) is 2.68. The van der Waals surface area contributed by atoms with E-state index < -0.39 is 15.8 Å². The number of aromatic nitrogens is 3. The Morgan fingerprint density at radius 3 is 2.41 bits per heavy atom. The molecule has 1 fully saturated rings. The van der Waals surface area contributed by atoms with E-state index in [1.165, 1.54) is 9.71 Å². The van der Waals surface area contributed by atoms with E-state index in [4.69, 9.17) is 11.6 Å². The summed E-state index contributed by atoms with van der Waals surface area (Å²) in [7, 11) is -3.47. The van der Waals surface area contributed by atoms with Crippen LogP contribution in [0, 0.1) is 5.82 Å². The summed E-state index contributed by atoms with van der Waals surface area (Å²) in [5.41, 5.74) is 0. The Balaban J connectivity index is 1.50. The molecule has 7 nitrogen and oxygen atoms in total. The van der Waals surface area contributed by atoms with E-state index in [1.807, 2.05) is 11.0 Å². The van der Waals surface area contributed by atoms with Gasteiger partial charge in [0.15, 0.2) is 5.82 Å². The number of halogens is 2. The number of anilines is 1. The smallest absolute Gasteiger partial charge is 0.236 e. The minimum atomic E-state index is -3.47. The zero-order chi connectivity index (χ0) is 19.3. The Morgan fingerprint density at radius 1 is 1.07 bits per heavy atom. The molecule has 0 unspecified atom stereocenters. The Bertz CT molecular complexity index is 883. The molecule has 0 bridgehead atoms. The molecule has 0 saturated carbocycles. The topological polar surface area (TPSA) is 79.3 Å². The fraction of sp³-hybridized carbons (Fsp3) is 0.353. The van der Waals surface area contributed by atoms with Gasteiger partial charge in [-0.3, -0.25) is 0 Å². The van der Waals surface area contributed by atoms with Crippen LogP contribution in [0.3, 0.4) is 0 Å². The van der Waals surface area contributed by atoms with Gasteiger partial charge >= 0.3 is 0 Å². The van der Waals surface area contributed by atoms with Crippen LogP contribution in [-0.2, 0) is 16.4 Å². The second-order valence-electron chi connectivity index (χ2n) is 5.99. The Kier molecular flexibility index (Phi) is 6.35. The lowest BCUT2D eigenvalue weighted by atomic mass is 10.3. The van der Waals surface area contributed by atoms with Gasteiger partial charge in [0.2, 0.25) is 10.0 Å². The quantitative estimate of drug-likeness (QED) is 0.725. The molecule has 3 heterocycles. The van der Waals surface area contributed by atoms with Crippen molar-refractivity contribution >= 4 is 27.4 Å². The van der Waals surface area contributed by atoms with Crippen molar-refractivity contribution in [3.8, 4) is 0 Å². The first-order valence-electron chi connectivity index (χ1n) is 8.44. The van der Waals surface area contributed by atoms with Gasteiger partial charge in [-0.05, 0) is 18.6 Å². The zero-order valence-corrected chi connectivity index (χ0v) is 16.1. The first-order chi connectivity index (χ1) is 12.9. The predicted octanol–water partition coefficient (Wildman–Crippen LogP) is 2.26. The number of pyridine rings is 1. The third-order valence-corrected chi connectivity index (χ3v) is 5.96. The van der Waals surface area contributed by atoms with Crippen molar-refractivity contribution < 1.29 is 12.8 Å². The monoisotopic (exact) mass is 411 g/mol. The van der Waals surface area contributed by atoms with Gasteiger partial charge in [-0.2, -0.15) is 4.31 Å². The van der Waals surface area contributed by atoms with Gasteiger partial charge in [-0.1, -0.05) is 17.7 Å². The molecule has 0 aromatic carbocycles. The molecule has 2 aromatic heterocycles. The van der Waals surface area contributed by atoms with E-state index in [2.05, 4.69) is 15.0 Å². The molecule has 2 aromatic rings. The van der Waals surface area contributed by atoms with Crippen LogP contribution in [0.15, 0.2) is 42.2 Å². The summed E-state index contributed by atoms with van der Waals surface area (Å²) in [5, 5.41) is 1.78. The lowest BCUT2D eigenvalue weighted by Crippen LogP contribution is -2.48. The van der Waals surface area contributed by atoms with E-state index in [0.717, 1.165) is 18.2 Å². The molecule has 1 saturated heterocycles. The van der Waals surface area contributed by atoms with Crippen molar-refractivity contribution in [2.75, 3.05) is 31.1 Å². The van der Waals surface area contributed by atoms with Gasteiger partial charge in [-0.15, -0.1) is 0 Å². The second kappa shape index (κ2) is 8.73. The van der Waals surface area contributed by atoms with Gasteiger partial charge in [0.05, 0.1) is 17.4 Å². The number of hydrogen-bond acceptors (Lipinski definition) is 6. The maximum Gasteiger partial charge on any atom is 0.236 e. The van der Waals surface area contributed by atoms with Crippen LogP contribution in [0.25, 0.3) is 0 Å². The number of allylic oxidation sites excluding steroid dienone is 1. The van der Waals surface area contributed by atoms with E-state index in [-0.39, 0.29) is 0 Å². The Hall–Kier alpha value is -2.10. The van der Waals surface area contributed by atoms with Crippen molar-refractivity contribution in [3.63, 3.8) is 0 Å². The minimum Gasteiger partial charge on any atom is -0.354 e. The van der Waals surface area contributed by atoms with Crippen molar-refractivity contribution in [2.45, 2.75) is 12.8 Å². The molecular formula is C17H19ClFN5O2S. The largest absolute Gasteiger partial charge is 0.354 e. The lowest BCUT2D eigenvalue weighted by molar-refractivity contribution is 0.388. The van der Waals surface area contributed by atoms with Gasteiger partial charge in [-0.25, -0.2) is 27.8 Å². The first kappa shape index (κ1) is 19.7. The summed E-state index contributed by atoms with van der Waals surface area (Å²) in [4.78, 5) is 14.0. The first-order valence-corrected chi connectivity index (χ1v) is 10.3. The summed E-state index contributed by atoms with van der Waals surface area (Å²) in [6.45, 7) is 1.90. The average molecular weight is 412 g/mol. The SMILES string of the molecule is O=S(=O)(C=CCCc1ncc(F)cn1)N1CCN(c2ccc(Cl)cn2)CC1. The molecule has 1 aliphatic heterocycles. The highest BCUT2D eigenvalue weighted by Crippen LogP contribution is 2.17. The molecule has 0 aliphatic carbocycles. The van der Waals surface area contributed by atoms with Crippen LogP contribution >= 0.6 is 11.6 Å². The van der Waals surface area contributed by atoms with Gasteiger partial charge in [0.1, 0.15) is 11.6 Å². The molecular weight excluding hydrogens is 393 g/mol. The molecule has 3 rings (SSSR count). The molecule has 0 radical (unpaired) electrons. The second-order valence-corrected chi connectivity index (χ2v) is 8.25. The van der Waals surface area contributed by atoms with E-state index in [0.29, 0.717) is 49.9 Å². The van der Waals surface area contributed by atoms with Crippen molar-refractivity contribution in [3.05, 3.63) is 58.9 Å². The van der Waals surface area contributed by atoms with E-state index in [1.54, 1.807) is 18.3 Å². The Labute approximate surface area is 162 Å². The van der Waals surface area contributed by atoms with Gasteiger partial charge < -0.3 is 4.90 Å². The highest BCUT2D eigenvalue weighted by molar-refractivity contribution is 7.92. The van der Waals surface area contributed by atoms with Crippen LogP contribution < -0.4 is 4.90 Å². The number of rotatable bonds is 6. The highest BCUT2D eigenvalue weighted by Gasteiger charge is 2.25. The summed E-state index contributed by atoms with van der Waals surface area (Å²) < 4.78 is 39.1. The fourth-order valence-corrected chi connectivity index (χ4v) is 4.02. The van der Waals surface area contributed by atoms with Crippen LogP contribution in [0.5, 0.6) is 0 Å². The summed E-state index contributed by atoms with van der Waals surface area (Å²) in [6, 6.07) is 3.59. The third-order valence-electron chi connectivity index (χ3n) is 4.11. The number of aryl methyl sites for hydroxylation is 1. The average Bonchev–Trinajstić information content (AvgIpc) is 2.67. The molecule has 144 valence electrons. The van der Waals surface area contributed by atoms with Crippen LogP contribution in [0.4, 0.5) is 10.2 Å². The predicted molar refractivity (Wildman–Crippen MR) is 101 cm³/mol. The van der Waals surface area contributed by atoms with Crippen molar-refractivity contribution in [1.82, 2.24) is 19.3 Å². The van der Waals surface area contributed by atoms with Gasteiger partial charge in [0, 0.05) is 44.2 Å². The van der Waals surface area contributed by atoms with E-state index >= 15 is 0 Å². The number of sulfonamides is 1. The van der Waals surface area contributed by atoms with Gasteiger partial charge in [0.25, 0.3) is 0 Å². The number of hydrogen-bond donors (Lipinski definition) is 0. The molecule has 1 aliphatic rings. The minimum absolute atomic E-state index is 0.387. The van der Waals surface area contributed by atoms with Crippen molar-refractivity contribution in [2.24, 2.45) is 0 Å². The van der Waals surface area contributed by atoms with Crippen LogP contribution in [-0.4, -0.2) is 53.9 Å². The maximum absolute atomic E-state index is 12.8. The summed E-state index contributed by atoms with van der Waals surface area (Å²) in [5.74, 6) is 0.763. The number of nitrogens with zero attached hydrogens (tertiary/aromatic N) is 5. The van der Waals surface area contributed by atoms with Crippen LogP contribution in [0.1, 0.15) is 12.2 Å². The normalized spacial score (nSPS) is 16.1. The lowest BCUT2D eigenvalue weighted by Gasteiger charge is -2.34. The standard InChI is InChI=1S/C17H19ClFN5O2S/c18-14-4-5-17(22-11-14)23-6-8-24(9-7-23)27(25,26)10-2-1-3-16-20-12-15(19)13-21-16/h2,4-5,10-13H,1,3,6-9H2. The zero-order valence-electron chi connectivity index (χ0n) is 14.5. The van der Waals surface area contributed by atoms with Crippen LogP contribution in [0.2, 0.25) is 5.02 Å². The summed E-state index contributed by atoms with van der Waals surface area (Å²) >= 11 is 5.84. The molecule has 0 N–H and O–H groups in total. The van der Waals surface area contributed by atoms with Crippen molar-refractivity contribution in [1.29, 1.82) is 0 Å². The number of piperazine rings is 1. The molecule has 10 heteroatoms. The highest BCUT2D eigenvalue weighted by atomic mass is 35.5. The Morgan fingerprint density at radius 2 is 1.78 bits per heavy atom. The molecule has 27 heavy (non-hydrogen) atoms. The maximum atomic E-state index is 12.8. The molecule has 0 atom stereocenters. The molecule has 0 spiro atoms.